The number of methoxy groups -OCH3 is 1. The van der Waals surface area contributed by atoms with E-state index in [0.717, 1.165) is 5.56 Å². The van der Waals surface area contributed by atoms with Crippen LogP contribution in [0.4, 0.5) is 0 Å². The van der Waals surface area contributed by atoms with Crippen LogP contribution in [-0.2, 0) is 9.47 Å². The molecule has 2 unspecified atom stereocenters. The summed E-state index contributed by atoms with van der Waals surface area (Å²) in [7, 11) is 1.62. The summed E-state index contributed by atoms with van der Waals surface area (Å²) in [5, 5.41) is 13.0. The summed E-state index contributed by atoms with van der Waals surface area (Å²) in [6.07, 6.45) is 3.02. The molecular weight excluding hydrogens is 232 g/mol. The van der Waals surface area contributed by atoms with Crippen LogP contribution in [0, 0.1) is 0 Å². The zero-order chi connectivity index (χ0) is 13.2. The highest BCUT2D eigenvalue weighted by molar-refractivity contribution is 5.13. The summed E-state index contributed by atoms with van der Waals surface area (Å²) < 4.78 is 10.1. The maximum absolute atomic E-state index is 9.70. The molecule has 5 heteroatoms. The highest BCUT2D eigenvalue weighted by Crippen LogP contribution is 2.09. The van der Waals surface area contributed by atoms with Crippen molar-refractivity contribution in [1.82, 2.24) is 10.3 Å². The van der Waals surface area contributed by atoms with Crippen molar-refractivity contribution in [2.24, 2.45) is 0 Å². The van der Waals surface area contributed by atoms with Crippen LogP contribution in [0.15, 0.2) is 24.5 Å². The topological polar surface area (TPSA) is 63.6 Å². The summed E-state index contributed by atoms with van der Waals surface area (Å²) in [6.45, 7) is 3.92. The summed E-state index contributed by atoms with van der Waals surface area (Å²) in [4.78, 5) is 3.97. The van der Waals surface area contributed by atoms with Crippen molar-refractivity contribution in [3.8, 4) is 0 Å². The summed E-state index contributed by atoms with van der Waals surface area (Å²) in [6, 6.07) is 4.10. The van der Waals surface area contributed by atoms with Gasteiger partial charge < -0.3 is 19.9 Å². The van der Waals surface area contributed by atoms with Crippen molar-refractivity contribution in [3.63, 3.8) is 0 Å². The minimum Gasteiger partial charge on any atom is -0.389 e. The lowest BCUT2D eigenvalue weighted by molar-refractivity contribution is 0.0130. The van der Waals surface area contributed by atoms with E-state index in [9.17, 15) is 5.11 Å². The predicted molar refractivity (Wildman–Crippen MR) is 69.4 cm³/mol. The zero-order valence-electron chi connectivity index (χ0n) is 11.0. The van der Waals surface area contributed by atoms with E-state index in [1.807, 2.05) is 19.1 Å². The van der Waals surface area contributed by atoms with Crippen LogP contribution < -0.4 is 5.32 Å². The Morgan fingerprint density at radius 2 is 2.06 bits per heavy atom. The second-order valence-electron chi connectivity index (χ2n) is 4.13. The second-order valence-corrected chi connectivity index (χ2v) is 4.13. The fourth-order valence-electron chi connectivity index (χ4n) is 1.50. The summed E-state index contributed by atoms with van der Waals surface area (Å²) in [5.74, 6) is 0. The molecule has 0 aliphatic heterocycles. The first-order valence-corrected chi connectivity index (χ1v) is 6.12. The van der Waals surface area contributed by atoms with Gasteiger partial charge in [0.05, 0.1) is 25.9 Å². The predicted octanol–water partition coefficient (Wildman–Crippen LogP) is 0.756. The Labute approximate surface area is 108 Å². The molecular formula is C13H22N2O3. The van der Waals surface area contributed by atoms with Gasteiger partial charge in [0, 0.05) is 32.1 Å². The van der Waals surface area contributed by atoms with E-state index in [1.54, 1.807) is 19.5 Å². The third-order valence-electron chi connectivity index (χ3n) is 2.61. The first-order chi connectivity index (χ1) is 8.74. The number of aliphatic hydroxyl groups excluding tert-OH is 1. The van der Waals surface area contributed by atoms with Crippen LogP contribution in [-0.4, -0.2) is 49.7 Å². The average molecular weight is 254 g/mol. The number of nitrogens with zero attached hydrogens (tertiary/aromatic N) is 1. The lowest BCUT2D eigenvalue weighted by atomic mass is 10.1. The van der Waals surface area contributed by atoms with Gasteiger partial charge in [-0.05, 0) is 24.6 Å². The summed E-state index contributed by atoms with van der Waals surface area (Å²) >= 11 is 0. The lowest BCUT2D eigenvalue weighted by Crippen LogP contribution is -2.32. The molecule has 1 rings (SSSR count). The van der Waals surface area contributed by atoms with Gasteiger partial charge in [0.15, 0.2) is 0 Å². The first-order valence-electron chi connectivity index (χ1n) is 6.12. The molecule has 0 amide bonds. The van der Waals surface area contributed by atoms with E-state index in [0.29, 0.717) is 26.4 Å². The molecule has 102 valence electrons. The van der Waals surface area contributed by atoms with Crippen molar-refractivity contribution < 1.29 is 14.6 Å². The van der Waals surface area contributed by atoms with Crippen molar-refractivity contribution in [2.45, 2.75) is 19.1 Å². The molecule has 18 heavy (non-hydrogen) atoms. The van der Waals surface area contributed by atoms with Crippen LogP contribution in [0.25, 0.3) is 0 Å². The molecule has 0 fully saturated rings. The van der Waals surface area contributed by atoms with Crippen molar-refractivity contribution in [1.29, 1.82) is 0 Å². The fourth-order valence-corrected chi connectivity index (χ4v) is 1.50. The monoisotopic (exact) mass is 254 g/mol. The molecule has 1 aromatic rings. The molecule has 1 aromatic heterocycles. The Morgan fingerprint density at radius 3 is 2.72 bits per heavy atom. The van der Waals surface area contributed by atoms with Crippen LogP contribution in [0.1, 0.15) is 18.5 Å². The van der Waals surface area contributed by atoms with E-state index in [-0.39, 0.29) is 6.04 Å². The standard InChI is InChI=1S/C13H22N2O3/c1-11(12-3-5-14-6-4-12)15-9-13(16)10-18-8-7-17-2/h3-6,11,13,15-16H,7-10H2,1-2H3. The number of aromatic nitrogens is 1. The number of hydrogen-bond acceptors (Lipinski definition) is 5. The molecule has 0 radical (unpaired) electrons. The molecule has 0 aliphatic carbocycles. The number of pyridine rings is 1. The third kappa shape index (κ3) is 6.07. The Morgan fingerprint density at radius 1 is 1.33 bits per heavy atom. The summed E-state index contributed by atoms with van der Waals surface area (Å²) in [5.41, 5.74) is 1.15. The van der Waals surface area contributed by atoms with Gasteiger partial charge >= 0.3 is 0 Å². The Balaban J connectivity index is 2.16. The Kier molecular flexibility index (Phi) is 7.52. The molecule has 0 aliphatic rings. The van der Waals surface area contributed by atoms with E-state index in [4.69, 9.17) is 9.47 Å². The minimum atomic E-state index is -0.508. The molecule has 0 bridgehead atoms. The van der Waals surface area contributed by atoms with Gasteiger partial charge in [0.1, 0.15) is 0 Å². The molecule has 1 heterocycles. The maximum Gasteiger partial charge on any atom is 0.0897 e. The van der Waals surface area contributed by atoms with E-state index in [2.05, 4.69) is 10.3 Å². The van der Waals surface area contributed by atoms with E-state index < -0.39 is 6.10 Å². The second kappa shape index (κ2) is 8.99. The molecule has 5 nitrogen and oxygen atoms in total. The van der Waals surface area contributed by atoms with Gasteiger partial charge in [0.25, 0.3) is 0 Å². The molecule has 0 spiro atoms. The molecule has 2 N–H and O–H groups in total. The van der Waals surface area contributed by atoms with Gasteiger partial charge in [-0.2, -0.15) is 0 Å². The van der Waals surface area contributed by atoms with Gasteiger partial charge in [0.2, 0.25) is 0 Å². The minimum absolute atomic E-state index is 0.182. The normalized spacial score (nSPS) is 14.4. The van der Waals surface area contributed by atoms with Crippen molar-refractivity contribution in [2.75, 3.05) is 33.5 Å². The van der Waals surface area contributed by atoms with Crippen LogP contribution in [0.5, 0.6) is 0 Å². The van der Waals surface area contributed by atoms with E-state index >= 15 is 0 Å². The average Bonchev–Trinajstić information content (AvgIpc) is 2.42. The van der Waals surface area contributed by atoms with Gasteiger partial charge in [-0.25, -0.2) is 0 Å². The SMILES string of the molecule is COCCOCC(O)CNC(C)c1ccncc1. The quantitative estimate of drug-likeness (QED) is 0.637. The lowest BCUT2D eigenvalue weighted by Gasteiger charge is -2.17. The number of rotatable bonds is 9. The number of ether oxygens (including phenoxy) is 2. The van der Waals surface area contributed by atoms with Crippen LogP contribution in [0.3, 0.4) is 0 Å². The van der Waals surface area contributed by atoms with Gasteiger partial charge in [-0.15, -0.1) is 0 Å². The molecule has 2 atom stereocenters. The van der Waals surface area contributed by atoms with Crippen molar-refractivity contribution in [3.05, 3.63) is 30.1 Å². The fraction of sp³-hybridized carbons (Fsp3) is 0.615. The smallest absolute Gasteiger partial charge is 0.0897 e. The van der Waals surface area contributed by atoms with Crippen LogP contribution >= 0.6 is 0 Å². The zero-order valence-corrected chi connectivity index (χ0v) is 11.0. The molecule has 0 saturated carbocycles. The number of hydrogen-bond donors (Lipinski definition) is 2. The third-order valence-corrected chi connectivity index (χ3v) is 2.61. The van der Waals surface area contributed by atoms with Gasteiger partial charge in [-0.1, -0.05) is 0 Å². The Bertz CT molecular complexity index is 308. The number of aliphatic hydroxyl groups is 1. The number of nitrogens with one attached hydrogen (secondary N) is 1. The highest BCUT2D eigenvalue weighted by atomic mass is 16.5. The largest absolute Gasteiger partial charge is 0.389 e. The van der Waals surface area contributed by atoms with Crippen molar-refractivity contribution >= 4 is 0 Å². The highest BCUT2D eigenvalue weighted by Gasteiger charge is 2.08. The van der Waals surface area contributed by atoms with E-state index in [1.165, 1.54) is 0 Å². The molecule has 0 aromatic carbocycles. The first kappa shape index (κ1) is 15.0. The maximum atomic E-state index is 9.70. The molecule has 0 saturated heterocycles. The Hall–Kier alpha value is -1.01. The van der Waals surface area contributed by atoms with Crippen LogP contribution in [0.2, 0.25) is 0 Å². The van der Waals surface area contributed by atoms with Gasteiger partial charge in [-0.3, -0.25) is 4.98 Å².